The second-order valence-corrected chi connectivity index (χ2v) is 5.48. The van der Waals surface area contributed by atoms with Crippen LogP contribution in [0.4, 0.5) is 0 Å². The van der Waals surface area contributed by atoms with E-state index >= 15 is 0 Å². The van der Waals surface area contributed by atoms with E-state index in [9.17, 15) is 4.79 Å². The number of para-hydroxylation sites is 2. The molecule has 5 heteroatoms. The molecule has 23 heavy (non-hydrogen) atoms. The molecule has 3 rings (SSSR count). The number of rotatable bonds is 4. The van der Waals surface area contributed by atoms with Crippen molar-refractivity contribution in [2.75, 3.05) is 13.6 Å². The Balaban J connectivity index is 1.78. The van der Waals surface area contributed by atoms with Crippen LogP contribution in [0, 0.1) is 6.92 Å². The SMILES string of the molecule is Cc1nc2ccccc2nc1C(=O)N(C)CCc1ccncc1. The molecule has 0 radical (unpaired) electrons. The third-order valence-electron chi connectivity index (χ3n) is 3.78. The summed E-state index contributed by atoms with van der Waals surface area (Å²) in [7, 11) is 1.79. The first-order valence-corrected chi connectivity index (χ1v) is 7.53. The predicted octanol–water partition coefficient (Wildman–Crippen LogP) is 2.65. The number of carbonyl (C=O) groups excluding carboxylic acids is 1. The first-order valence-electron chi connectivity index (χ1n) is 7.53. The molecule has 0 saturated heterocycles. The fourth-order valence-electron chi connectivity index (χ4n) is 2.42. The van der Waals surface area contributed by atoms with E-state index in [0.29, 0.717) is 17.9 Å². The Labute approximate surface area is 135 Å². The highest BCUT2D eigenvalue weighted by Gasteiger charge is 2.17. The normalized spacial score (nSPS) is 10.7. The van der Waals surface area contributed by atoms with E-state index in [4.69, 9.17) is 0 Å². The van der Waals surface area contributed by atoms with Gasteiger partial charge >= 0.3 is 0 Å². The minimum Gasteiger partial charge on any atom is -0.340 e. The van der Waals surface area contributed by atoms with Crippen molar-refractivity contribution in [2.45, 2.75) is 13.3 Å². The fraction of sp³-hybridized carbons (Fsp3) is 0.222. The van der Waals surface area contributed by atoms with Crippen LogP contribution in [0.25, 0.3) is 11.0 Å². The Morgan fingerprint density at radius 3 is 2.39 bits per heavy atom. The van der Waals surface area contributed by atoms with Gasteiger partial charge in [0.05, 0.1) is 16.7 Å². The molecular weight excluding hydrogens is 288 g/mol. The third kappa shape index (κ3) is 3.34. The maximum absolute atomic E-state index is 12.6. The van der Waals surface area contributed by atoms with Gasteiger partial charge in [-0.15, -0.1) is 0 Å². The zero-order chi connectivity index (χ0) is 16.2. The lowest BCUT2D eigenvalue weighted by molar-refractivity contribution is 0.0790. The van der Waals surface area contributed by atoms with Gasteiger partial charge in [-0.05, 0) is 43.2 Å². The molecule has 0 unspecified atom stereocenters. The first kappa shape index (κ1) is 15.1. The van der Waals surface area contributed by atoms with E-state index in [-0.39, 0.29) is 5.91 Å². The summed E-state index contributed by atoms with van der Waals surface area (Å²) in [4.78, 5) is 27.3. The Bertz CT molecular complexity index is 833. The van der Waals surface area contributed by atoms with Crippen LogP contribution in [-0.4, -0.2) is 39.4 Å². The zero-order valence-corrected chi connectivity index (χ0v) is 13.2. The highest BCUT2D eigenvalue weighted by Crippen LogP contribution is 2.13. The van der Waals surface area contributed by atoms with Crippen molar-refractivity contribution < 1.29 is 4.79 Å². The van der Waals surface area contributed by atoms with Gasteiger partial charge in [-0.3, -0.25) is 9.78 Å². The summed E-state index contributed by atoms with van der Waals surface area (Å²) >= 11 is 0. The summed E-state index contributed by atoms with van der Waals surface area (Å²) < 4.78 is 0. The molecule has 0 saturated carbocycles. The van der Waals surface area contributed by atoms with Crippen LogP contribution in [0.15, 0.2) is 48.8 Å². The molecule has 0 fully saturated rings. The van der Waals surface area contributed by atoms with Crippen molar-refractivity contribution in [1.82, 2.24) is 19.9 Å². The number of likely N-dealkylation sites (N-methyl/N-ethyl adjacent to an activating group) is 1. The second-order valence-electron chi connectivity index (χ2n) is 5.48. The number of amides is 1. The number of carbonyl (C=O) groups is 1. The van der Waals surface area contributed by atoms with Gasteiger partial charge in [-0.25, -0.2) is 9.97 Å². The van der Waals surface area contributed by atoms with E-state index < -0.39 is 0 Å². The van der Waals surface area contributed by atoms with Crippen LogP contribution in [0.2, 0.25) is 0 Å². The number of fused-ring (bicyclic) bond motifs is 1. The summed E-state index contributed by atoms with van der Waals surface area (Å²) in [6, 6.07) is 11.5. The molecule has 3 aromatic rings. The Hall–Kier alpha value is -2.82. The van der Waals surface area contributed by atoms with E-state index in [0.717, 1.165) is 23.0 Å². The van der Waals surface area contributed by atoms with Crippen molar-refractivity contribution in [3.63, 3.8) is 0 Å². The lowest BCUT2D eigenvalue weighted by Crippen LogP contribution is -2.30. The van der Waals surface area contributed by atoms with Crippen LogP contribution < -0.4 is 0 Å². The molecule has 1 amide bonds. The van der Waals surface area contributed by atoms with Gasteiger partial charge in [0, 0.05) is 26.0 Å². The van der Waals surface area contributed by atoms with Crippen LogP contribution in [-0.2, 0) is 6.42 Å². The van der Waals surface area contributed by atoms with E-state index in [1.54, 1.807) is 24.3 Å². The molecule has 0 aliphatic heterocycles. The topological polar surface area (TPSA) is 59.0 Å². The quantitative estimate of drug-likeness (QED) is 0.743. The number of aromatic nitrogens is 3. The standard InChI is InChI=1S/C18H18N4O/c1-13-17(21-16-6-4-3-5-15(16)20-13)18(23)22(2)12-9-14-7-10-19-11-8-14/h3-8,10-11H,9,12H2,1-2H3. The summed E-state index contributed by atoms with van der Waals surface area (Å²) in [5, 5.41) is 0. The van der Waals surface area contributed by atoms with Gasteiger partial charge in [0.1, 0.15) is 5.69 Å². The third-order valence-corrected chi connectivity index (χ3v) is 3.78. The predicted molar refractivity (Wildman–Crippen MR) is 89.2 cm³/mol. The van der Waals surface area contributed by atoms with Gasteiger partial charge < -0.3 is 4.90 Å². The Morgan fingerprint density at radius 1 is 1.04 bits per heavy atom. The number of benzene rings is 1. The summed E-state index contributed by atoms with van der Waals surface area (Å²) in [5.41, 5.74) is 3.77. The molecular formula is C18H18N4O. The fourth-order valence-corrected chi connectivity index (χ4v) is 2.42. The largest absolute Gasteiger partial charge is 0.340 e. The van der Waals surface area contributed by atoms with Gasteiger partial charge in [0.2, 0.25) is 0 Å². The van der Waals surface area contributed by atoms with Crippen molar-refractivity contribution in [2.24, 2.45) is 0 Å². The highest BCUT2D eigenvalue weighted by molar-refractivity contribution is 5.95. The number of hydrogen-bond donors (Lipinski definition) is 0. The van der Waals surface area contributed by atoms with Gasteiger partial charge in [-0.2, -0.15) is 0 Å². The smallest absolute Gasteiger partial charge is 0.274 e. The Morgan fingerprint density at radius 2 is 1.70 bits per heavy atom. The van der Waals surface area contributed by atoms with Crippen LogP contribution in [0.1, 0.15) is 21.7 Å². The molecule has 0 aliphatic carbocycles. The number of hydrogen-bond acceptors (Lipinski definition) is 4. The monoisotopic (exact) mass is 306 g/mol. The van der Waals surface area contributed by atoms with Gasteiger partial charge in [0.15, 0.2) is 0 Å². The second kappa shape index (κ2) is 6.52. The number of pyridine rings is 1. The maximum atomic E-state index is 12.6. The first-order chi connectivity index (χ1) is 11.1. The minimum atomic E-state index is -0.102. The number of aryl methyl sites for hydroxylation is 1. The van der Waals surface area contributed by atoms with E-state index in [1.807, 2.05) is 43.3 Å². The molecule has 5 nitrogen and oxygen atoms in total. The van der Waals surface area contributed by atoms with Crippen molar-refractivity contribution in [1.29, 1.82) is 0 Å². The van der Waals surface area contributed by atoms with Crippen LogP contribution >= 0.6 is 0 Å². The Kier molecular flexibility index (Phi) is 4.28. The minimum absolute atomic E-state index is 0.102. The van der Waals surface area contributed by atoms with Crippen molar-refractivity contribution in [3.05, 3.63) is 65.7 Å². The molecule has 2 heterocycles. The molecule has 0 atom stereocenters. The zero-order valence-electron chi connectivity index (χ0n) is 13.2. The molecule has 116 valence electrons. The van der Waals surface area contributed by atoms with E-state index in [2.05, 4.69) is 15.0 Å². The van der Waals surface area contributed by atoms with E-state index in [1.165, 1.54) is 0 Å². The highest BCUT2D eigenvalue weighted by atomic mass is 16.2. The maximum Gasteiger partial charge on any atom is 0.274 e. The lowest BCUT2D eigenvalue weighted by atomic mass is 10.2. The van der Waals surface area contributed by atoms with Crippen molar-refractivity contribution >= 4 is 16.9 Å². The van der Waals surface area contributed by atoms with Crippen LogP contribution in [0.3, 0.4) is 0 Å². The number of nitrogens with zero attached hydrogens (tertiary/aromatic N) is 4. The summed E-state index contributed by atoms with van der Waals surface area (Å²) in [6.45, 7) is 2.44. The average Bonchev–Trinajstić information content (AvgIpc) is 2.59. The van der Waals surface area contributed by atoms with Gasteiger partial charge in [-0.1, -0.05) is 12.1 Å². The van der Waals surface area contributed by atoms with Crippen molar-refractivity contribution in [3.8, 4) is 0 Å². The molecule has 0 spiro atoms. The summed E-state index contributed by atoms with van der Waals surface area (Å²) in [5.74, 6) is -0.102. The van der Waals surface area contributed by atoms with Crippen LogP contribution in [0.5, 0.6) is 0 Å². The molecule has 1 aromatic carbocycles. The average molecular weight is 306 g/mol. The molecule has 2 aromatic heterocycles. The molecule has 0 bridgehead atoms. The molecule has 0 N–H and O–H groups in total. The van der Waals surface area contributed by atoms with Gasteiger partial charge in [0.25, 0.3) is 5.91 Å². The lowest BCUT2D eigenvalue weighted by Gasteiger charge is -2.17. The summed E-state index contributed by atoms with van der Waals surface area (Å²) in [6.07, 6.45) is 4.30. The molecule has 0 aliphatic rings.